The first-order valence-electron chi connectivity index (χ1n) is 9.22. The summed E-state index contributed by atoms with van der Waals surface area (Å²) in [6.45, 7) is 11.4. The number of carbonyl (C=O) groups excluding carboxylic acids is 1. The van der Waals surface area contributed by atoms with Crippen LogP contribution in [-0.4, -0.2) is 50.2 Å². The Morgan fingerprint density at radius 2 is 1.77 bits per heavy atom. The molecule has 1 aliphatic heterocycles. The summed E-state index contributed by atoms with van der Waals surface area (Å²) in [6.07, 6.45) is 0. The van der Waals surface area contributed by atoms with Crippen LogP contribution in [0.1, 0.15) is 36.9 Å². The molecule has 5 heteroatoms. The van der Waals surface area contributed by atoms with E-state index < -0.39 is 0 Å². The summed E-state index contributed by atoms with van der Waals surface area (Å²) in [4.78, 5) is 14.6. The summed E-state index contributed by atoms with van der Waals surface area (Å²) in [5.74, 6) is 0.890. The van der Waals surface area contributed by atoms with Crippen LogP contribution in [0.25, 0.3) is 11.3 Å². The smallest absolute Gasteiger partial charge is 0.287 e. The van der Waals surface area contributed by atoms with Crippen LogP contribution < -0.4 is 5.32 Å². The number of benzene rings is 1. The average Bonchev–Trinajstić information content (AvgIpc) is 3.12. The van der Waals surface area contributed by atoms with Crippen LogP contribution in [0.3, 0.4) is 0 Å². The van der Waals surface area contributed by atoms with Gasteiger partial charge in [0, 0.05) is 31.7 Å². The molecule has 1 fully saturated rings. The van der Waals surface area contributed by atoms with Gasteiger partial charge in [0.15, 0.2) is 5.76 Å². The standard InChI is InChI=1S/C21H28N2O3/c1-21(2,3)17-6-4-16(5-7-17)18-8-9-19(26-18)20(24)22-10-11-23-12-14-25-15-13-23/h4-9H,10-15H2,1-3H3,(H,22,24). The molecule has 0 bridgehead atoms. The van der Waals surface area contributed by atoms with E-state index in [0.717, 1.165) is 38.4 Å². The van der Waals surface area contributed by atoms with Gasteiger partial charge in [0.2, 0.25) is 0 Å². The van der Waals surface area contributed by atoms with Crippen LogP contribution in [-0.2, 0) is 10.2 Å². The van der Waals surface area contributed by atoms with Gasteiger partial charge < -0.3 is 14.5 Å². The fourth-order valence-corrected chi connectivity index (χ4v) is 2.99. The van der Waals surface area contributed by atoms with Crippen molar-refractivity contribution in [3.05, 3.63) is 47.7 Å². The second-order valence-electron chi connectivity index (χ2n) is 7.70. The third-order valence-electron chi connectivity index (χ3n) is 4.68. The summed E-state index contributed by atoms with van der Waals surface area (Å²) in [7, 11) is 0. The maximum atomic E-state index is 12.3. The second-order valence-corrected chi connectivity index (χ2v) is 7.70. The van der Waals surface area contributed by atoms with Gasteiger partial charge in [0.25, 0.3) is 5.91 Å². The minimum atomic E-state index is -0.171. The minimum absolute atomic E-state index is 0.118. The van der Waals surface area contributed by atoms with E-state index in [1.807, 2.05) is 18.2 Å². The molecule has 1 N–H and O–H groups in total. The quantitative estimate of drug-likeness (QED) is 0.893. The van der Waals surface area contributed by atoms with Crippen LogP contribution in [0.4, 0.5) is 0 Å². The van der Waals surface area contributed by atoms with Crippen LogP contribution in [0.5, 0.6) is 0 Å². The number of rotatable bonds is 5. The average molecular weight is 356 g/mol. The molecule has 0 atom stereocenters. The summed E-state index contributed by atoms with van der Waals surface area (Å²) < 4.78 is 11.1. The van der Waals surface area contributed by atoms with Crippen molar-refractivity contribution in [1.29, 1.82) is 0 Å². The van der Waals surface area contributed by atoms with Crippen molar-refractivity contribution in [2.45, 2.75) is 26.2 Å². The molecule has 0 radical (unpaired) electrons. The van der Waals surface area contributed by atoms with Crippen molar-refractivity contribution < 1.29 is 13.9 Å². The predicted octanol–water partition coefficient (Wildman–Crippen LogP) is 3.31. The summed E-state index contributed by atoms with van der Waals surface area (Å²) >= 11 is 0. The van der Waals surface area contributed by atoms with Crippen molar-refractivity contribution >= 4 is 5.91 Å². The number of furan rings is 1. The summed E-state index contributed by atoms with van der Waals surface area (Å²) in [6, 6.07) is 11.9. The molecule has 1 aliphatic rings. The van der Waals surface area contributed by atoms with E-state index in [1.165, 1.54) is 5.56 Å². The van der Waals surface area contributed by atoms with Gasteiger partial charge in [-0.2, -0.15) is 0 Å². The van der Waals surface area contributed by atoms with Crippen molar-refractivity contribution in [3.63, 3.8) is 0 Å². The molecule has 0 spiro atoms. The first-order valence-corrected chi connectivity index (χ1v) is 9.22. The molecule has 0 unspecified atom stereocenters. The molecular weight excluding hydrogens is 328 g/mol. The number of hydrogen-bond acceptors (Lipinski definition) is 4. The molecular formula is C21H28N2O3. The Hall–Kier alpha value is -2.11. The largest absolute Gasteiger partial charge is 0.451 e. The molecule has 5 nitrogen and oxygen atoms in total. The highest BCUT2D eigenvalue weighted by Crippen LogP contribution is 2.27. The Morgan fingerprint density at radius 1 is 1.08 bits per heavy atom. The molecule has 1 aromatic carbocycles. The first kappa shape index (κ1) is 18.7. The lowest BCUT2D eigenvalue weighted by molar-refractivity contribution is 0.0382. The van der Waals surface area contributed by atoms with Gasteiger partial charge in [0.05, 0.1) is 13.2 Å². The van der Waals surface area contributed by atoms with E-state index in [-0.39, 0.29) is 11.3 Å². The molecule has 0 aliphatic carbocycles. The Morgan fingerprint density at radius 3 is 2.42 bits per heavy atom. The number of morpholine rings is 1. The minimum Gasteiger partial charge on any atom is -0.451 e. The highest BCUT2D eigenvalue weighted by Gasteiger charge is 2.16. The van der Waals surface area contributed by atoms with Crippen LogP contribution in [0.2, 0.25) is 0 Å². The molecule has 1 aromatic heterocycles. The SMILES string of the molecule is CC(C)(C)c1ccc(-c2ccc(C(=O)NCCN3CCOCC3)o2)cc1. The molecule has 26 heavy (non-hydrogen) atoms. The lowest BCUT2D eigenvalue weighted by Crippen LogP contribution is -2.41. The van der Waals surface area contributed by atoms with E-state index >= 15 is 0 Å². The van der Waals surface area contributed by atoms with E-state index in [4.69, 9.17) is 9.15 Å². The van der Waals surface area contributed by atoms with E-state index in [1.54, 1.807) is 6.07 Å². The van der Waals surface area contributed by atoms with E-state index in [0.29, 0.717) is 18.1 Å². The van der Waals surface area contributed by atoms with E-state index in [9.17, 15) is 4.79 Å². The molecule has 3 rings (SSSR count). The molecule has 2 heterocycles. The normalized spacial score (nSPS) is 15.8. The van der Waals surface area contributed by atoms with Gasteiger partial charge in [-0.25, -0.2) is 0 Å². The summed E-state index contributed by atoms with van der Waals surface area (Å²) in [5, 5.41) is 2.92. The zero-order valence-electron chi connectivity index (χ0n) is 15.9. The number of nitrogens with one attached hydrogen (secondary N) is 1. The van der Waals surface area contributed by atoms with Crippen molar-refractivity contribution in [3.8, 4) is 11.3 Å². The predicted molar refractivity (Wildman–Crippen MR) is 102 cm³/mol. The number of hydrogen-bond donors (Lipinski definition) is 1. The molecule has 140 valence electrons. The first-order chi connectivity index (χ1) is 12.4. The molecule has 1 amide bonds. The lowest BCUT2D eigenvalue weighted by atomic mass is 9.86. The van der Waals surface area contributed by atoms with Crippen molar-refractivity contribution in [2.75, 3.05) is 39.4 Å². The maximum absolute atomic E-state index is 12.3. The van der Waals surface area contributed by atoms with Gasteiger partial charge in [0.1, 0.15) is 5.76 Å². The number of ether oxygens (including phenoxy) is 1. The Bertz CT molecular complexity index is 722. The number of nitrogens with zero attached hydrogens (tertiary/aromatic N) is 1. The molecule has 0 saturated carbocycles. The van der Waals surface area contributed by atoms with Crippen molar-refractivity contribution in [2.24, 2.45) is 0 Å². The Labute approximate surface area is 155 Å². The Balaban J connectivity index is 1.55. The number of carbonyl (C=O) groups is 1. The van der Waals surface area contributed by atoms with Gasteiger partial charge in [-0.05, 0) is 23.1 Å². The van der Waals surface area contributed by atoms with Crippen LogP contribution in [0, 0.1) is 0 Å². The third-order valence-corrected chi connectivity index (χ3v) is 4.68. The van der Waals surface area contributed by atoms with E-state index in [2.05, 4.69) is 43.1 Å². The van der Waals surface area contributed by atoms with Crippen LogP contribution >= 0.6 is 0 Å². The van der Waals surface area contributed by atoms with Crippen LogP contribution in [0.15, 0.2) is 40.8 Å². The van der Waals surface area contributed by atoms with Crippen molar-refractivity contribution in [1.82, 2.24) is 10.2 Å². The topological polar surface area (TPSA) is 54.7 Å². The fourth-order valence-electron chi connectivity index (χ4n) is 2.99. The maximum Gasteiger partial charge on any atom is 0.287 e. The zero-order chi connectivity index (χ0) is 18.6. The summed E-state index contributed by atoms with van der Waals surface area (Å²) in [5.41, 5.74) is 2.37. The fraction of sp³-hybridized carbons (Fsp3) is 0.476. The molecule has 2 aromatic rings. The third kappa shape index (κ3) is 4.74. The molecule has 1 saturated heterocycles. The lowest BCUT2D eigenvalue weighted by Gasteiger charge is -2.26. The number of amides is 1. The van der Waals surface area contributed by atoms with Gasteiger partial charge in [-0.15, -0.1) is 0 Å². The second kappa shape index (κ2) is 8.06. The Kier molecular flexibility index (Phi) is 5.79. The van der Waals surface area contributed by atoms with Gasteiger partial charge in [-0.3, -0.25) is 9.69 Å². The highest BCUT2D eigenvalue weighted by molar-refractivity contribution is 5.92. The highest BCUT2D eigenvalue weighted by atomic mass is 16.5. The van der Waals surface area contributed by atoms with Gasteiger partial charge in [-0.1, -0.05) is 45.0 Å². The zero-order valence-corrected chi connectivity index (χ0v) is 15.9. The monoisotopic (exact) mass is 356 g/mol. The van der Waals surface area contributed by atoms with Gasteiger partial charge >= 0.3 is 0 Å².